The Hall–Kier alpha value is -3.84. The Kier molecular flexibility index (Phi) is 7.28. The van der Waals surface area contributed by atoms with Gasteiger partial charge >= 0.3 is 0 Å². The minimum atomic E-state index is -1.67. The van der Waals surface area contributed by atoms with E-state index in [1.807, 2.05) is 58.0 Å². The van der Waals surface area contributed by atoms with Crippen molar-refractivity contribution in [1.82, 2.24) is 4.98 Å². The Morgan fingerprint density at radius 1 is 0.919 bits per heavy atom. The van der Waals surface area contributed by atoms with Crippen molar-refractivity contribution in [2.45, 2.75) is 52.6 Å². The number of carbonyl (C=O) groups is 3. The molecule has 0 bridgehead atoms. The number of hydrogen-bond acceptors (Lipinski definition) is 5. The molecule has 37 heavy (non-hydrogen) atoms. The first-order valence-electron chi connectivity index (χ1n) is 12.4. The number of aromatic nitrogens is 1. The van der Waals surface area contributed by atoms with Crippen molar-refractivity contribution in [3.8, 4) is 0 Å². The number of benzene rings is 2. The molecular weight excluding hydrogens is 466 g/mol. The quantitative estimate of drug-likeness (QED) is 0.444. The van der Waals surface area contributed by atoms with Crippen molar-refractivity contribution in [3.63, 3.8) is 0 Å². The smallest absolute Gasteiger partial charge is 0.235 e. The normalized spacial score (nSPS) is 23.4. The zero-order valence-corrected chi connectivity index (χ0v) is 21.8. The average Bonchev–Trinajstić information content (AvgIpc) is 2.82. The fourth-order valence-electron chi connectivity index (χ4n) is 5.39. The van der Waals surface area contributed by atoms with Crippen molar-refractivity contribution in [2.75, 3.05) is 10.6 Å². The Morgan fingerprint density at radius 3 is 2.00 bits per heavy atom. The van der Waals surface area contributed by atoms with Crippen LogP contribution in [-0.2, 0) is 14.4 Å². The van der Waals surface area contributed by atoms with E-state index in [1.165, 1.54) is 6.92 Å². The van der Waals surface area contributed by atoms with E-state index in [4.69, 9.17) is 0 Å². The number of Topliss-reactive ketones (excluding diaryl/α,β-unsaturated/α-hetero) is 1. The monoisotopic (exact) mass is 499 g/mol. The van der Waals surface area contributed by atoms with Crippen molar-refractivity contribution < 1.29 is 19.5 Å². The molecule has 1 saturated carbocycles. The standard InChI is InChI=1S/C30H33N3O4/c1-17-8-10-22(19(3)13-17)32-28(35)26-24(34)15-30(5,37)27(25(26)21-7-6-12-31-16-21)29(36)33-23-11-9-18(2)14-20(23)4/h6-14,16,25-27,37H,15H2,1-5H3,(H,32,35)(H,33,36)/t25-,26+,27-,30-/m0/s1. The first-order chi connectivity index (χ1) is 17.5. The summed E-state index contributed by atoms with van der Waals surface area (Å²) >= 11 is 0. The van der Waals surface area contributed by atoms with Gasteiger partial charge in [0.05, 0.1) is 11.5 Å². The maximum atomic E-state index is 13.8. The fraction of sp³-hybridized carbons (Fsp3) is 0.333. The molecule has 0 spiro atoms. The molecule has 2 aromatic carbocycles. The van der Waals surface area contributed by atoms with Crippen LogP contribution < -0.4 is 10.6 Å². The lowest BCUT2D eigenvalue weighted by Crippen LogP contribution is -2.56. The van der Waals surface area contributed by atoms with Gasteiger partial charge in [-0.2, -0.15) is 0 Å². The summed E-state index contributed by atoms with van der Waals surface area (Å²) in [7, 11) is 0. The second kappa shape index (κ2) is 10.3. The van der Waals surface area contributed by atoms with Gasteiger partial charge in [0, 0.05) is 36.1 Å². The summed E-state index contributed by atoms with van der Waals surface area (Å²) < 4.78 is 0. The van der Waals surface area contributed by atoms with Crippen LogP contribution >= 0.6 is 0 Å². The highest BCUT2D eigenvalue weighted by atomic mass is 16.3. The van der Waals surface area contributed by atoms with Crippen molar-refractivity contribution in [2.24, 2.45) is 11.8 Å². The van der Waals surface area contributed by atoms with Gasteiger partial charge in [-0.15, -0.1) is 0 Å². The number of anilines is 2. The first-order valence-corrected chi connectivity index (χ1v) is 12.4. The lowest BCUT2D eigenvalue weighted by Gasteiger charge is -2.44. The van der Waals surface area contributed by atoms with Crippen molar-refractivity contribution in [3.05, 3.63) is 88.7 Å². The van der Waals surface area contributed by atoms with Crippen LogP contribution in [0.15, 0.2) is 60.9 Å². The Balaban J connectivity index is 1.75. The first kappa shape index (κ1) is 26.2. The number of ketones is 1. The topological polar surface area (TPSA) is 108 Å². The largest absolute Gasteiger partial charge is 0.389 e. The number of rotatable bonds is 5. The van der Waals surface area contributed by atoms with Gasteiger partial charge in [-0.3, -0.25) is 19.4 Å². The number of amides is 2. The van der Waals surface area contributed by atoms with Gasteiger partial charge in [0.15, 0.2) is 0 Å². The molecule has 3 N–H and O–H groups in total. The van der Waals surface area contributed by atoms with Gasteiger partial charge in [0.2, 0.25) is 11.8 Å². The number of nitrogens with one attached hydrogen (secondary N) is 2. The van der Waals surface area contributed by atoms with Gasteiger partial charge in [-0.05, 0) is 69.5 Å². The Morgan fingerprint density at radius 2 is 1.49 bits per heavy atom. The van der Waals surface area contributed by atoms with Crippen LogP contribution in [0.1, 0.15) is 47.1 Å². The van der Waals surface area contributed by atoms with E-state index in [-0.39, 0.29) is 6.42 Å². The van der Waals surface area contributed by atoms with Gasteiger partial charge in [-0.25, -0.2) is 0 Å². The van der Waals surface area contributed by atoms with E-state index >= 15 is 0 Å². The summed E-state index contributed by atoms with van der Waals surface area (Å²) in [6, 6.07) is 14.7. The molecule has 7 nitrogen and oxygen atoms in total. The Bertz CT molecular complexity index is 1350. The molecule has 4 rings (SSSR count). The van der Waals surface area contributed by atoms with E-state index in [0.29, 0.717) is 16.9 Å². The predicted molar refractivity (Wildman–Crippen MR) is 143 cm³/mol. The maximum absolute atomic E-state index is 13.8. The highest BCUT2D eigenvalue weighted by molar-refractivity contribution is 6.10. The number of aryl methyl sites for hydroxylation is 4. The lowest BCUT2D eigenvalue weighted by atomic mass is 9.61. The molecule has 1 aliphatic carbocycles. The Labute approximate surface area is 217 Å². The van der Waals surface area contributed by atoms with E-state index in [2.05, 4.69) is 15.6 Å². The van der Waals surface area contributed by atoms with Crippen molar-refractivity contribution in [1.29, 1.82) is 0 Å². The van der Waals surface area contributed by atoms with Crippen LogP contribution in [0.3, 0.4) is 0 Å². The third kappa shape index (κ3) is 5.47. The molecule has 0 radical (unpaired) electrons. The van der Waals surface area contributed by atoms with E-state index in [0.717, 1.165) is 22.3 Å². The highest BCUT2D eigenvalue weighted by Gasteiger charge is 2.56. The zero-order valence-electron chi connectivity index (χ0n) is 21.8. The molecule has 1 aliphatic rings. The number of pyridine rings is 1. The second-order valence-electron chi connectivity index (χ2n) is 10.4. The third-order valence-corrected chi connectivity index (χ3v) is 7.18. The molecule has 3 aromatic rings. The minimum absolute atomic E-state index is 0.320. The van der Waals surface area contributed by atoms with Crippen LogP contribution in [0.5, 0.6) is 0 Å². The van der Waals surface area contributed by atoms with Gasteiger partial charge in [0.25, 0.3) is 0 Å². The molecule has 7 heteroatoms. The summed E-state index contributed by atoms with van der Waals surface area (Å²) in [5.41, 5.74) is 3.94. The number of nitrogens with zero attached hydrogens (tertiary/aromatic N) is 1. The third-order valence-electron chi connectivity index (χ3n) is 7.18. The average molecular weight is 500 g/mol. The minimum Gasteiger partial charge on any atom is -0.389 e. The molecule has 1 aromatic heterocycles. The number of aliphatic hydroxyl groups is 1. The second-order valence-corrected chi connectivity index (χ2v) is 10.4. The summed E-state index contributed by atoms with van der Waals surface area (Å²) in [6.45, 7) is 9.19. The SMILES string of the molecule is Cc1ccc(NC(=O)[C@@H]2C(=O)C[C@](C)(O)[C@H](C(=O)Nc3ccc(C)cc3C)[C@H]2c2cccnc2)c(C)c1. The summed E-state index contributed by atoms with van der Waals surface area (Å²) in [5.74, 6) is -4.56. The van der Waals surface area contributed by atoms with Crippen LogP contribution in [-0.4, -0.2) is 33.3 Å². The number of hydrogen-bond donors (Lipinski definition) is 3. The number of carbonyl (C=O) groups excluding carboxylic acids is 3. The van der Waals surface area contributed by atoms with Gasteiger partial charge < -0.3 is 15.7 Å². The van der Waals surface area contributed by atoms with E-state index in [1.54, 1.807) is 30.6 Å². The zero-order chi connectivity index (χ0) is 26.9. The van der Waals surface area contributed by atoms with E-state index in [9.17, 15) is 19.5 Å². The van der Waals surface area contributed by atoms with Gasteiger partial charge in [-0.1, -0.05) is 41.5 Å². The molecule has 0 aliphatic heterocycles. The molecule has 1 heterocycles. The molecular formula is C30H33N3O4. The summed E-state index contributed by atoms with van der Waals surface area (Å²) in [6.07, 6.45) is 2.82. The summed E-state index contributed by atoms with van der Waals surface area (Å²) in [5, 5.41) is 17.3. The molecule has 0 unspecified atom stereocenters. The van der Waals surface area contributed by atoms with Crippen LogP contribution in [0.4, 0.5) is 11.4 Å². The van der Waals surface area contributed by atoms with Crippen molar-refractivity contribution >= 4 is 29.0 Å². The molecule has 2 amide bonds. The molecule has 1 fully saturated rings. The van der Waals surface area contributed by atoms with Crippen LogP contribution in [0.2, 0.25) is 0 Å². The fourth-order valence-corrected chi connectivity index (χ4v) is 5.39. The van der Waals surface area contributed by atoms with Crippen LogP contribution in [0, 0.1) is 39.5 Å². The maximum Gasteiger partial charge on any atom is 0.235 e. The highest BCUT2D eigenvalue weighted by Crippen LogP contribution is 2.46. The molecule has 0 saturated heterocycles. The molecule has 4 atom stereocenters. The van der Waals surface area contributed by atoms with Crippen LogP contribution in [0.25, 0.3) is 0 Å². The van der Waals surface area contributed by atoms with Gasteiger partial charge in [0.1, 0.15) is 11.7 Å². The van der Waals surface area contributed by atoms with E-state index < -0.39 is 41.0 Å². The lowest BCUT2D eigenvalue weighted by molar-refractivity contribution is -0.150. The predicted octanol–water partition coefficient (Wildman–Crippen LogP) is 4.63. The molecule has 192 valence electrons. The summed E-state index contributed by atoms with van der Waals surface area (Å²) in [4.78, 5) is 45.0.